The van der Waals surface area contributed by atoms with Gasteiger partial charge in [-0.2, -0.15) is 0 Å². The van der Waals surface area contributed by atoms with Crippen molar-refractivity contribution in [2.45, 2.75) is 52.2 Å². The van der Waals surface area contributed by atoms with E-state index in [1.807, 2.05) is 12.1 Å². The minimum atomic E-state index is -0.0587. The highest BCUT2D eigenvalue weighted by molar-refractivity contribution is 5.76. The van der Waals surface area contributed by atoms with Gasteiger partial charge in [0.05, 0.1) is 27.4 Å². The fourth-order valence-corrected chi connectivity index (χ4v) is 4.52. The normalized spacial score (nSPS) is 16.9. The SMILES string of the molecule is COc1ccc(CN2CCc3cc(OC)c(OC)cc3C2C(C)NC(=O)CC(C)C)cc1. The van der Waals surface area contributed by atoms with Crippen LogP contribution in [-0.4, -0.2) is 44.7 Å². The Morgan fingerprint density at radius 2 is 1.69 bits per heavy atom. The number of hydrogen-bond acceptors (Lipinski definition) is 5. The van der Waals surface area contributed by atoms with Gasteiger partial charge in [-0.1, -0.05) is 26.0 Å². The molecule has 1 heterocycles. The predicted octanol–water partition coefficient (Wildman–Crippen LogP) is 4.36. The Hall–Kier alpha value is -2.73. The van der Waals surface area contributed by atoms with Crippen LogP contribution in [0.2, 0.25) is 0 Å². The van der Waals surface area contributed by atoms with Gasteiger partial charge in [0.25, 0.3) is 0 Å². The van der Waals surface area contributed by atoms with Crippen LogP contribution in [0.15, 0.2) is 36.4 Å². The average molecular weight is 441 g/mol. The van der Waals surface area contributed by atoms with Gasteiger partial charge in [-0.25, -0.2) is 0 Å². The number of hydrogen-bond donors (Lipinski definition) is 1. The number of fused-ring (bicyclic) bond motifs is 1. The first-order valence-electron chi connectivity index (χ1n) is 11.3. The Labute approximate surface area is 191 Å². The lowest BCUT2D eigenvalue weighted by molar-refractivity contribution is -0.122. The summed E-state index contributed by atoms with van der Waals surface area (Å²) in [6.45, 7) is 7.90. The standard InChI is InChI=1S/C26H36N2O4/c1-17(2)13-25(29)27-18(3)26-22-15-24(32-6)23(31-5)14-20(22)11-12-28(26)16-19-7-9-21(30-4)10-8-19/h7-10,14-15,17-18,26H,11-13,16H2,1-6H3,(H,27,29). The molecular formula is C26H36N2O4. The maximum atomic E-state index is 12.6. The van der Waals surface area contributed by atoms with Crippen LogP contribution in [0.1, 0.15) is 49.9 Å². The zero-order chi connectivity index (χ0) is 23.3. The molecule has 0 bridgehead atoms. The van der Waals surface area contributed by atoms with E-state index in [9.17, 15) is 4.79 Å². The molecule has 3 rings (SSSR count). The molecule has 2 unspecified atom stereocenters. The van der Waals surface area contributed by atoms with Crippen molar-refractivity contribution in [1.29, 1.82) is 0 Å². The summed E-state index contributed by atoms with van der Waals surface area (Å²) in [6.07, 6.45) is 1.43. The van der Waals surface area contributed by atoms with Gasteiger partial charge in [0.15, 0.2) is 11.5 Å². The molecular weight excluding hydrogens is 404 g/mol. The number of benzene rings is 2. The van der Waals surface area contributed by atoms with Crippen LogP contribution in [0.5, 0.6) is 17.2 Å². The molecule has 1 amide bonds. The number of amides is 1. The van der Waals surface area contributed by atoms with E-state index in [0.717, 1.165) is 31.0 Å². The highest BCUT2D eigenvalue weighted by Crippen LogP contribution is 2.40. The minimum absolute atomic E-state index is 0.0248. The maximum Gasteiger partial charge on any atom is 0.220 e. The van der Waals surface area contributed by atoms with Crippen molar-refractivity contribution < 1.29 is 19.0 Å². The summed E-state index contributed by atoms with van der Waals surface area (Å²) in [4.78, 5) is 15.0. The van der Waals surface area contributed by atoms with Crippen molar-refractivity contribution in [3.63, 3.8) is 0 Å². The number of nitrogens with one attached hydrogen (secondary N) is 1. The molecule has 0 saturated heterocycles. The summed E-state index contributed by atoms with van der Waals surface area (Å²) >= 11 is 0. The molecule has 0 aromatic heterocycles. The van der Waals surface area contributed by atoms with E-state index in [2.05, 4.69) is 55.3 Å². The highest BCUT2D eigenvalue weighted by atomic mass is 16.5. The van der Waals surface area contributed by atoms with E-state index in [1.165, 1.54) is 16.7 Å². The lowest BCUT2D eigenvalue weighted by Gasteiger charge is -2.41. The summed E-state index contributed by atoms with van der Waals surface area (Å²) in [7, 11) is 5.00. The molecule has 2 aromatic carbocycles. The molecule has 0 saturated carbocycles. The highest BCUT2D eigenvalue weighted by Gasteiger charge is 2.33. The zero-order valence-electron chi connectivity index (χ0n) is 20.1. The predicted molar refractivity (Wildman–Crippen MR) is 126 cm³/mol. The van der Waals surface area contributed by atoms with Gasteiger partial charge in [-0.15, -0.1) is 0 Å². The molecule has 1 N–H and O–H groups in total. The van der Waals surface area contributed by atoms with Gasteiger partial charge in [-0.3, -0.25) is 9.69 Å². The van der Waals surface area contributed by atoms with Crippen molar-refractivity contribution in [2.75, 3.05) is 27.9 Å². The van der Waals surface area contributed by atoms with E-state index in [-0.39, 0.29) is 18.0 Å². The topological polar surface area (TPSA) is 60.0 Å². The number of nitrogens with zero attached hydrogens (tertiary/aromatic N) is 1. The van der Waals surface area contributed by atoms with Gasteiger partial charge < -0.3 is 19.5 Å². The van der Waals surface area contributed by atoms with Crippen LogP contribution >= 0.6 is 0 Å². The molecule has 32 heavy (non-hydrogen) atoms. The van der Waals surface area contributed by atoms with E-state index < -0.39 is 0 Å². The second kappa shape index (κ2) is 10.7. The van der Waals surface area contributed by atoms with Gasteiger partial charge >= 0.3 is 0 Å². The van der Waals surface area contributed by atoms with Gasteiger partial charge in [0, 0.05) is 25.6 Å². The molecule has 6 heteroatoms. The lowest BCUT2D eigenvalue weighted by atomic mass is 9.87. The Balaban J connectivity index is 1.94. The van der Waals surface area contributed by atoms with Crippen molar-refractivity contribution >= 4 is 5.91 Å². The number of carbonyl (C=O) groups is 1. The zero-order valence-corrected chi connectivity index (χ0v) is 20.1. The second-order valence-corrected chi connectivity index (χ2v) is 8.87. The first-order valence-corrected chi connectivity index (χ1v) is 11.3. The first-order chi connectivity index (χ1) is 15.4. The van der Waals surface area contributed by atoms with Crippen molar-refractivity contribution in [3.8, 4) is 17.2 Å². The fraction of sp³-hybridized carbons (Fsp3) is 0.500. The van der Waals surface area contributed by atoms with Crippen LogP contribution < -0.4 is 19.5 Å². The van der Waals surface area contributed by atoms with Crippen LogP contribution in [0.4, 0.5) is 0 Å². The third kappa shape index (κ3) is 5.54. The summed E-state index contributed by atoms with van der Waals surface area (Å²) < 4.78 is 16.4. The molecule has 1 aliphatic rings. The largest absolute Gasteiger partial charge is 0.497 e. The molecule has 6 nitrogen and oxygen atoms in total. The second-order valence-electron chi connectivity index (χ2n) is 8.87. The minimum Gasteiger partial charge on any atom is -0.497 e. The number of methoxy groups -OCH3 is 3. The average Bonchev–Trinajstić information content (AvgIpc) is 2.77. The fourth-order valence-electron chi connectivity index (χ4n) is 4.52. The Bertz CT molecular complexity index is 911. The maximum absolute atomic E-state index is 12.6. The van der Waals surface area contributed by atoms with E-state index in [1.54, 1.807) is 21.3 Å². The van der Waals surface area contributed by atoms with Gasteiger partial charge in [0.2, 0.25) is 5.91 Å². The molecule has 2 atom stereocenters. The molecule has 0 spiro atoms. The molecule has 0 aliphatic carbocycles. The van der Waals surface area contributed by atoms with Crippen LogP contribution in [0, 0.1) is 5.92 Å². The molecule has 2 aromatic rings. The van der Waals surface area contributed by atoms with Crippen LogP contribution in [0.25, 0.3) is 0 Å². The third-order valence-corrected chi connectivity index (χ3v) is 6.03. The van der Waals surface area contributed by atoms with E-state index in [0.29, 0.717) is 18.1 Å². The summed E-state index contributed by atoms with van der Waals surface area (Å²) in [5.41, 5.74) is 3.63. The summed E-state index contributed by atoms with van der Waals surface area (Å²) in [6, 6.07) is 12.3. The molecule has 174 valence electrons. The molecule has 1 aliphatic heterocycles. The summed E-state index contributed by atoms with van der Waals surface area (Å²) in [5.74, 6) is 2.71. The third-order valence-electron chi connectivity index (χ3n) is 6.03. The summed E-state index contributed by atoms with van der Waals surface area (Å²) in [5, 5.41) is 3.25. The monoisotopic (exact) mass is 440 g/mol. The first kappa shape index (κ1) is 23.9. The number of ether oxygens (including phenoxy) is 3. The number of carbonyl (C=O) groups excluding carboxylic acids is 1. The number of rotatable bonds is 9. The van der Waals surface area contributed by atoms with Gasteiger partial charge in [-0.05, 0) is 60.2 Å². The van der Waals surface area contributed by atoms with Crippen molar-refractivity contribution in [3.05, 3.63) is 53.1 Å². The van der Waals surface area contributed by atoms with Crippen LogP contribution in [-0.2, 0) is 17.8 Å². The smallest absolute Gasteiger partial charge is 0.220 e. The van der Waals surface area contributed by atoms with Crippen molar-refractivity contribution in [1.82, 2.24) is 10.2 Å². The van der Waals surface area contributed by atoms with Crippen LogP contribution in [0.3, 0.4) is 0 Å². The quantitative estimate of drug-likeness (QED) is 0.628. The molecule has 0 fully saturated rings. The van der Waals surface area contributed by atoms with Gasteiger partial charge in [0.1, 0.15) is 5.75 Å². The van der Waals surface area contributed by atoms with E-state index >= 15 is 0 Å². The Morgan fingerprint density at radius 1 is 1.03 bits per heavy atom. The van der Waals surface area contributed by atoms with E-state index in [4.69, 9.17) is 14.2 Å². The Kier molecular flexibility index (Phi) is 8.02. The lowest BCUT2D eigenvalue weighted by Crippen LogP contribution is -2.47. The Morgan fingerprint density at radius 3 is 2.28 bits per heavy atom. The van der Waals surface area contributed by atoms with Crippen molar-refractivity contribution in [2.24, 2.45) is 5.92 Å². The molecule has 0 radical (unpaired) electrons.